The third-order valence-corrected chi connectivity index (χ3v) is 6.53. The number of thioether (sulfide) groups is 1. The maximum atomic E-state index is 14.9. The van der Waals surface area contributed by atoms with E-state index < -0.39 is 22.7 Å². The summed E-state index contributed by atoms with van der Waals surface area (Å²) >= 11 is 1.43. The van der Waals surface area contributed by atoms with Gasteiger partial charge in [-0.3, -0.25) is 4.79 Å². The van der Waals surface area contributed by atoms with Gasteiger partial charge in [-0.25, -0.2) is 14.4 Å². The van der Waals surface area contributed by atoms with E-state index in [1.807, 2.05) is 13.0 Å². The molecule has 2 atom stereocenters. The molecule has 0 aliphatic carbocycles. The predicted molar refractivity (Wildman–Crippen MR) is 108 cm³/mol. The Balaban J connectivity index is 1.68. The zero-order valence-electron chi connectivity index (χ0n) is 15.6. The molecule has 0 spiro atoms. The minimum Gasteiger partial charge on any atom is -0.379 e. The average molecular weight is 411 g/mol. The summed E-state index contributed by atoms with van der Waals surface area (Å²) in [5, 5.41) is 12.0. The Morgan fingerprint density at radius 3 is 2.93 bits per heavy atom. The van der Waals surface area contributed by atoms with Crippen LogP contribution in [0.4, 0.5) is 10.1 Å². The number of aromatic nitrogens is 1. The van der Waals surface area contributed by atoms with E-state index in [0.717, 1.165) is 0 Å². The molecule has 1 amide bonds. The van der Waals surface area contributed by atoms with Gasteiger partial charge in [-0.15, -0.1) is 0 Å². The Bertz CT molecular complexity index is 1050. The maximum absolute atomic E-state index is 14.9. The van der Waals surface area contributed by atoms with Crippen molar-refractivity contribution >= 4 is 28.5 Å². The van der Waals surface area contributed by atoms with Crippen molar-refractivity contribution in [2.75, 3.05) is 24.3 Å². The van der Waals surface area contributed by atoms with Gasteiger partial charge < -0.3 is 15.8 Å². The van der Waals surface area contributed by atoms with Crippen LogP contribution in [0.2, 0.25) is 0 Å². The molecule has 0 bridgehead atoms. The first-order valence-electron chi connectivity index (χ1n) is 8.90. The summed E-state index contributed by atoms with van der Waals surface area (Å²) in [6.45, 7) is 2.67. The van der Waals surface area contributed by atoms with Gasteiger partial charge in [-0.05, 0) is 30.3 Å². The molecule has 7 nitrogen and oxygen atoms in total. The van der Waals surface area contributed by atoms with Gasteiger partial charge in [-0.1, -0.05) is 18.7 Å². The van der Waals surface area contributed by atoms with Crippen molar-refractivity contribution in [1.82, 2.24) is 4.98 Å². The zero-order chi connectivity index (χ0) is 20.6. The number of hydrogen-bond acceptors (Lipinski definition) is 7. The van der Waals surface area contributed by atoms with E-state index in [9.17, 15) is 9.18 Å². The van der Waals surface area contributed by atoms with E-state index >= 15 is 0 Å². The Kier molecular flexibility index (Phi) is 4.76. The highest BCUT2D eigenvalue weighted by Gasteiger charge is 2.57. The van der Waals surface area contributed by atoms with E-state index in [4.69, 9.17) is 15.7 Å². The van der Waals surface area contributed by atoms with Gasteiger partial charge >= 0.3 is 0 Å². The number of aliphatic imine (C=N–C) groups is 1. The number of pyridine rings is 1. The lowest BCUT2D eigenvalue weighted by Gasteiger charge is -2.42. The molecule has 1 saturated heterocycles. The molecule has 2 aromatic rings. The Morgan fingerprint density at radius 1 is 1.38 bits per heavy atom. The number of rotatable bonds is 3. The minimum atomic E-state index is -0.945. The second-order valence-electron chi connectivity index (χ2n) is 7.35. The SMILES string of the molecule is C[C@@]12COC[C@]1(c1cc(NC(=O)c3ccc(C#N)cn3)ccc1F)N=C(N)SC2. The summed E-state index contributed by atoms with van der Waals surface area (Å²) in [7, 11) is 0. The van der Waals surface area contributed by atoms with Gasteiger partial charge in [-0.2, -0.15) is 5.26 Å². The van der Waals surface area contributed by atoms with Crippen LogP contribution in [0.15, 0.2) is 41.5 Å². The number of nitriles is 1. The van der Waals surface area contributed by atoms with Crippen molar-refractivity contribution in [3.05, 3.63) is 59.2 Å². The lowest BCUT2D eigenvalue weighted by Crippen LogP contribution is -2.48. The molecule has 0 radical (unpaired) electrons. The van der Waals surface area contributed by atoms with Crippen molar-refractivity contribution in [3.8, 4) is 6.07 Å². The number of hydrogen-bond donors (Lipinski definition) is 2. The van der Waals surface area contributed by atoms with Gasteiger partial charge in [0.2, 0.25) is 0 Å². The number of ether oxygens (including phenoxy) is 1. The van der Waals surface area contributed by atoms with Crippen LogP contribution in [0, 0.1) is 22.6 Å². The van der Waals surface area contributed by atoms with Crippen molar-refractivity contribution in [2.45, 2.75) is 12.5 Å². The van der Waals surface area contributed by atoms with Crippen molar-refractivity contribution in [3.63, 3.8) is 0 Å². The normalized spacial score (nSPS) is 25.6. The molecule has 2 aliphatic rings. The topological polar surface area (TPSA) is 113 Å². The molecule has 9 heteroatoms. The van der Waals surface area contributed by atoms with Gasteiger partial charge in [0.05, 0.1) is 18.8 Å². The number of carbonyl (C=O) groups excluding carboxylic acids is 1. The van der Waals surface area contributed by atoms with E-state index in [1.54, 1.807) is 6.07 Å². The molecular formula is C20H18FN5O2S. The first kappa shape index (κ1) is 19.4. The number of nitrogens with zero attached hydrogens (tertiary/aromatic N) is 3. The predicted octanol–water partition coefficient (Wildman–Crippen LogP) is 2.64. The molecule has 1 aromatic heterocycles. The number of nitrogens with two attached hydrogens (primary N) is 1. The second kappa shape index (κ2) is 7.13. The van der Waals surface area contributed by atoms with Gasteiger partial charge in [0.15, 0.2) is 5.17 Å². The number of anilines is 1. The van der Waals surface area contributed by atoms with Gasteiger partial charge in [0.1, 0.15) is 23.1 Å². The van der Waals surface area contributed by atoms with E-state index in [-0.39, 0.29) is 12.3 Å². The Hall–Kier alpha value is -2.96. The molecule has 4 rings (SSSR count). The lowest BCUT2D eigenvalue weighted by molar-refractivity contribution is 0.102. The van der Waals surface area contributed by atoms with Crippen LogP contribution in [0.5, 0.6) is 0 Å². The monoisotopic (exact) mass is 411 g/mol. The number of amides is 1. The standard InChI is InChI=1S/C20H18FN5O2S/c1-19-9-28-10-20(19,26-18(23)29-11-19)14-6-13(3-4-15(14)21)25-17(27)16-5-2-12(7-22)8-24-16/h2-6,8H,9-11H2,1H3,(H2,23,26)(H,25,27)/t19-,20+/m0/s1. The van der Waals surface area contributed by atoms with Crippen LogP contribution >= 0.6 is 11.8 Å². The third kappa shape index (κ3) is 3.24. The summed E-state index contributed by atoms with van der Waals surface area (Å²) in [5.74, 6) is -0.232. The van der Waals surface area contributed by atoms with Crippen molar-refractivity contribution < 1.29 is 13.9 Å². The third-order valence-electron chi connectivity index (χ3n) is 5.36. The zero-order valence-corrected chi connectivity index (χ0v) is 16.4. The number of fused-ring (bicyclic) bond motifs is 1. The fourth-order valence-corrected chi connectivity index (χ4v) is 4.68. The van der Waals surface area contributed by atoms with Gasteiger partial charge in [0.25, 0.3) is 5.91 Å². The molecule has 0 unspecified atom stereocenters. The van der Waals surface area contributed by atoms with Crippen molar-refractivity contribution in [1.29, 1.82) is 5.26 Å². The maximum Gasteiger partial charge on any atom is 0.274 e. The molecule has 3 heterocycles. The first-order valence-corrected chi connectivity index (χ1v) is 9.89. The number of nitrogens with one attached hydrogen (secondary N) is 1. The molecule has 1 aromatic carbocycles. The fraction of sp³-hybridized carbons (Fsp3) is 0.300. The molecular weight excluding hydrogens is 393 g/mol. The minimum absolute atomic E-state index is 0.151. The molecule has 0 saturated carbocycles. The number of carbonyl (C=O) groups is 1. The Labute approximate surface area is 171 Å². The summed E-state index contributed by atoms with van der Waals surface area (Å²) < 4.78 is 20.6. The van der Waals surface area contributed by atoms with Crippen molar-refractivity contribution in [2.24, 2.45) is 16.1 Å². The van der Waals surface area contributed by atoms with Crippen LogP contribution in [0.3, 0.4) is 0 Å². The van der Waals surface area contributed by atoms with Crippen LogP contribution in [-0.4, -0.2) is 35.0 Å². The fourth-order valence-electron chi connectivity index (χ4n) is 3.67. The summed E-state index contributed by atoms with van der Waals surface area (Å²) in [5.41, 5.74) is 5.87. The highest BCUT2D eigenvalue weighted by atomic mass is 32.2. The quantitative estimate of drug-likeness (QED) is 0.803. The van der Waals surface area contributed by atoms with Crippen LogP contribution in [0.25, 0.3) is 0 Å². The highest BCUT2D eigenvalue weighted by Crippen LogP contribution is 2.53. The highest BCUT2D eigenvalue weighted by molar-refractivity contribution is 8.13. The number of benzene rings is 1. The summed E-state index contributed by atoms with van der Waals surface area (Å²) in [4.78, 5) is 21.1. The number of halogens is 1. The van der Waals surface area contributed by atoms with Crippen LogP contribution in [0.1, 0.15) is 28.5 Å². The van der Waals surface area contributed by atoms with E-state index in [1.165, 1.54) is 42.2 Å². The molecule has 3 N–H and O–H groups in total. The van der Waals surface area contributed by atoms with E-state index in [2.05, 4.69) is 15.3 Å². The molecule has 2 aliphatic heterocycles. The van der Waals surface area contributed by atoms with E-state index in [0.29, 0.717) is 34.3 Å². The van der Waals surface area contributed by atoms with Crippen LogP contribution < -0.4 is 11.1 Å². The van der Waals surface area contributed by atoms with Gasteiger partial charge in [0, 0.05) is 28.6 Å². The molecule has 148 valence electrons. The second-order valence-corrected chi connectivity index (χ2v) is 8.34. The number of amidine groups is 1. The Morgan fingerprint density at radius 2 is 2.21 bits per heavy atom. The molecule has 29 heavy (non-hydrogen) atoms. The molecule has 1 fully saturated rings. The first-order chi connectivity index (χ1) is 13.9. The summed E-state index contributed by atoms with van der Waals surface area (Å²) in [6, 6.07) is 9.28. The summed E-state index contributed by atoms with van der Waals surface area (Å²) in [6.07, 6.45) is 1.32. The average Bonchev–Trinajstić information content (AvgIpc) is 3.06. The lowest BCUT2D eigenvalue weighted by atomic mass is 9.70. The van der Waals surface area contributed by atoms with Crippen LogP contribution in [-0.2, 0) is 10.3 Å². The smallest absolute Gasteiger partial charge is 0.274 e. The largest absolute Gasteiger partial charge is 0.379 e.